The Morgan fingerprint density at radius 3 is 2.77 bits per heavy atom. The third kappa shape index (κ3) is 4.60. The molecule has 2 aromatic rings. The topological polar surface area (TPSA) is 64.6 Å². The van der Waals surface area contributed by atoms with Gasteiger partial charge in [-0.25, -0.2) is 0 Å². The number of rotatable bonds is 6. The third-order valence-electron chi connectivity index (χ3n) is 2.92. The number of anilines is 1. The zero-order valence-electron chi connectivity index (χ0n) is 12.4. The Bertz CT molecular complexity index is 652. The molecule has 0 bridgehead atoms. The Morgan fingerprint density at radius 2 is 2.09 bits per heavy atom. The third-order valence-corrected chi connectivity index (χ3v) is 3.65. The van der Waals surface area contributed by atoms with Crippen molar-refractivity contribution in [3.8, 4) is 5.75 Å². The number of esters is 1. The summed E-state index contributed by atoms with van der Waals surface area (Å²) in [5.74, 6) is -0.268. The summed E-state index contributed by atoms with van der Waals surface area (Å²) >= 11 is 1.51. The van der Waals surface area contributed by atoms with Crippen LogP contribution in [0.15, 0.2) is 35.0 Å². The van der Waals surface area contributed by atoms with E-state index in [1.54, 1.807) is 12.1 Å². The molecule has 0 aliphatic rings. The first kappa shape index (κ1) is 16.0. The lowest BCUT2D eigenvalue weighted by Crippen LogP contribution is -2.21. The van der Waals surface area contributed by atoms with Crippen LogP contribution in [0.3, 0.4) is 0 Å². The van der Waals surface area contributed by atoms with E-state index in [2.05, 4.69) is 5.32 Å². The van der Waals surface area contributed by atoms with Crippen molar-refractivity contribution < 1.29 is 19.1 Å². The molecule has 0 fully saturated rings. The van der Waals surface area contributed by atoms with E-state index in [-0.39, 0.29) is 13.0 Å². The number of carbonyl (C=O) groups is 2. The number of nitrogens with one attached hydrogen (secondary N) is 1. The van der Waals surface area contributed by atoms with E-state index in [9.17, 15) is 9.59 Å². The normalized spacial score (nSPS) is 10.1. The molecule has 1 aromatic heterocycles. The molecule has 5 nitrogen and oxygen atoms in total. The maximum absolute atomic E-state index is 11.9. The summed E-state index contributed by atoms with van der Waals surface area (Å²) in [5.41, 5.74) is 2.43. The van der Waals surface area contributed by atoms with Crippen molar-refractivity contribution in [1.29, 1.82) is 0 Å². The van der Waals surface area contributed by atoms with Crippen LogP contribution in [0.2, 0.25) is 0 Å². The summed E-state index contributed by atoms with van der Waals surface area (Å²) in [4.78, 5) is 23.5. The van der Waals surface area contributed by atoms with Gasteiger partial charge in [0.1, 0.15) is 5.75 Å². The van der Waals surface area contributed by atoms with E-state index in [1.807, 2.05) is 29.8 Å². The highest BCUT2D eigenvalue weighted by Gasteiger charge is 2.11. The highest BCUT2D eigenvalue weighted by molar-refractivity contribution is 7.07. The van der Waals surface area contributed by atoms with Gasteiger partial charge in [-0.15, -0.1) is 0 Å². The summed E-state index contributed by atoms with van der Waals surface area (Å²) in [6.45, 7) is 1.59. The van der Waals surface area contributed by atoms with Crippen LogP contribution in [0.1, 0.15) is 11.1 Å². The van der Waals surface area contributed by atoms with E-state index >= 15 is 0 Å². The van der Waals surface area contributed by atoms with E-state index in [0.717, 1.165) is 11.1 Å². The fraction of sp³-hybridized carbons (Fsp3) is 0.250. The standard InChI is InChI=1S/C16H17NO4S/c1-11-3-4-14(20-2)13(7-11)17-15(18)9-21-16(19)8-12-5-6-22-10-12/h3-7,10H,8-9H2,1-2H3,(H,17,18). The monoisotopic (exact) mass is 319 g/mol. The Morgan fingerprint density at radius 1 is 1.27 bits per heavy atom. The van der Waals surface area contributed by atoms with Gasteiger partial charge in [0, 0.05) is 0 Å². The number of thiophene rings is 1. The van der Waals surface area contributed by atoms with Gasteiger partial charge in [-0.1, -0.05) is 6.07 Å². The molecule has 0 aliphatic carbocycles. The number of benzene rings is 1. The van der Waals surface area contributed by atoms with Crippen molar-refractivity contribution in [3.63, 3.8) is 0 Å². The number of ether oxygens (including phenoxy) is 2. The summed E-state index contributed by atoms with van der Waals surface area (Å²) in [6.07, 6.45) is 0.171. The van der Waals surface area contributed by atoms with Crippen molar-refractivity contribution >= 4 is 28.9 Å². The second-order valence-corrected chi connectivity index (χ2v) is 5.50. The molecule has 1 aromatic carbocycles. The van der Waals surface area contributed by atoms with Crippen molar-refractivity contribution in [2.45, 2.75) is 13.3 Å². The average molecular weight is 319 g/mol. The maximum Gasteiger partial charge on any atom is 0.310 e. The summed E-state index contributed by atoms with van der Waals surface area (Å²) in [6, 6.07) is 7.30. The Labute approximate surface area is 132 Å². The lowest BCUT2D eigenvalue weighted by molar-refractivity contribution is -0.146. The minimum atomic E-state index is -0.426. The van der Waals surface area contributed by atoms with Crippen LogP contribution in [-0.4, -0.2) is 25.6 Å². The number of aryl methyl sites for hydroxylation is 1. The lowest BCUT2D eigenvalue weighted by Gasteiger charge is -2.11. The molecule has 0 saturated carbocycles. The van der Waals surface area contributed by atoms with Crippen molar-refractivity contribution in [2.75, 3.05) is 19.0 Å². The summed E-state index contributed by atoms with van der Waals surface area (Å²) in [7, 11) is 1.53. The first-order valence-electron chi connectivity index (χ1n) is 6.69. The Balaban J connectivity index is 1.85. The summed E-state index contributed by atoms with van der Waals surface area (Å²) < 4.78 is 10.1. The Kier molecular flexibility index (Phi) is 5.55. The molecule has 1 heterocycles. The fourth-order valence-corrected chi connectivity index (χ4v) is 2.53. The zero-order valence-corrected chi connectivity index (χ0v) is 13.2. The van der Waals surface area contributed by atoms with Crippen molar-refractivity contribution in [3.05, 3.63) is 46.2 Å². The maximum atomic E-state index is 11.9. The van der Waals surface area contributed by atoms with Crippen LogP contribution >= 0.6 is 11.3 Å². The SMILES string of the molecule is COc1ccc(C)cc1NC(=O)COC(=O)Cc1ccsc1. The molecular weight excluding hydrogens is 302 g/mol. The van der Waals surface area contributed by atoms with Gasteiger partial charge >= 0.3 is 5.97 Å². The fourth-order valence-electron chi connectivity index (χ4n) is 1.86. The lowest BCUT2D eigenvalue weighted by atomic mass is 10.2. The molecule has 0 aliphatic heterocycles. The van der Waals surface area contributed by atoms with E-state index in [1.165, 1.54) is 18.4 Å². The molecule has 116 valence electrons. The van der Waals surface area contributed by atoms with Gasteiger partial charge in [0.2, 0.25) is 0 Å². The number of carbonyl (C=O) groups excluding carboxylic acids is 2. The van der Waals surface area contributed by atoms with Crippen LogP contribution < -0.4 is 10.1 Å². The quantitative estimate of drug-likeness (QED) is 0.832. The zero-order chi connectivity index (χ0) is 15.9. The first-order valence-corrected chi connectivity index (χ1v) is 7.64. The van der Waals surface area contributed by atoms with Gasteiger partial charge in [-0.2, -0.15) is 11.3 Å². The van der Waals surface area contributed by atoms with Crippen molar-refractivity contribution in [2.24, 2.45) is 0 Å². The van der Waals surface area contributed by atoms with Gasteiger partial charge in [0.25, 0.3) is 5.91 Å². The minimum absolute atomic E-state index is 0.171. The number of hydrogen-bond acceptors (Lipinski definition) is 5. The van der Waals surface area contributed by atoms with E-state index in [4.69, 9.17) is 9.47 Å². The molecule has 0 unspecified atom stereocenters. The van der Waals surface area contributed by atoms with Crippen molar-refractivity contribution in [1.82, 2.24) is 0 Å². The highest BCUT2D eigenvalue weighted by atomic mass is 32.1. The number of amides is 1. The van der Waals surface area contributed by atoms with Gasteiger partial charge in [-0.05, 0) is 47.0 Å². The van der Waals surface area contributed by atoms with Crippen LogP contribution in [0.5, 0.6) is 5.75 Å². The molecular formula is C16H17NO4S. The minimum Gasteiger partial charge on any atom is -0.495 e. The van der Waals surface area contributed by atoms with Gasteiger partial charge in [-0.3, -0.25) is 9.59 Å². The second kappa shape index (κ2) is 7.61. The smallest absolute Gasteiger partial charge is 0.310 e. The first-order chi connectivity index (χ1) is 10.6. The molecule has 0 atom stereocenters. The predicted molar refractivity (Wildman–Crippen MR) is 85.3 cm³/mol. The average Bonchev–Trinajstić information content (AvgIpc) is 2.98. The highest BCUT2D eigenvalue weighted by Crippen LogP contribution is 2.25. The van der Waals surface area contributed by atoms with Crippen LogP contribution in [0.25, 0.3) is 0 Å². The van der Waals surface area contributed by atoms with Gasteiger partial charge in [0.05, 0.1) is 19.2 Å². The van der Waals surface area contributed by atoms with Crippen LogP contribution in [0, 0.1) is 6.92 Å². The van der Waals surface area contributed by atoms with Crippen LogP contribution in [0.4, 0.5) is 5.69 Å². The van der Waals surface area contributed by atoms with Crippen LogP contribution in [-0.2, 0) is 20.7 Å². The van der Waals surface area contributed by atoms with E-state index < -0.39 is 11.9 Å². The summed E-state index contributed by atoms with van der Waals surface area (Å²) in [5, 5.41) is 6.44. The molecule has 1 N–H and O–H groups in total. The molecule has 0 radical (unpaired) electrons. The van der Waals surface area contributed by atoms with Gasteiger partial charge < -0.3 is 14.8 Å². The largest absolute Gasteiger partial charge is 0.495 e. The number of methoxy groups -OCH3 is 1. The molecule has 6 heteroatoms. The molecule has 0 saturated heterocycles. The predicted octanol–water partition coefficient (Wildman–Crippen LogP) is 2.79. The molecule has 2 rings (SSSR count). The second-order valence-electron chi connectivity index (χ2n) is 4.72. The number of hydrogen-bond donors (Lipinski definition) is 1. The molecule has 22 heavy (non-hydrogen) atoms. The Hall–Kier alpha value is -2.34. The van der Waals surface area contributed by atoms with E-state index in [0.29, 0.717) is 11.4 Å². The molecule has 1 amide bonds. The van der Waals surface area contributed by atoms with Gasteiger partial charge in [0.15, 0.2) is 6.61 Å². The molecule has 0 spiro atoms.